The van der Waals surface area contributed by atoms with Crippen LogP contribution >= 0.6 is 0 Å². The second-order valence-electron chi connectivity index (χ2n) is 8.97. The highest BCUT2D eigenvalue weighted by Gasteiger charge is 2.24. The maximum atomic E-state index is 13.0. The van der Waals surface area contributed by atoms with E-state index in [2.05, 4.69) is 12.2 Å². The van der Waals surface area contributed by atoms with Gasteiger partial charge in [0.25, 0.3) is 11.8 Å². The molecule has 0 radical (unpaired) electrons. The fourth-order valence-corrected chi connectivity index (χ4v) is 4.36. The number of aryl methyl sites for hydroxylation is 1. The van der Waals surface area contributed by atoms with Crippen molar-refractivity contribution in [3.05, 3.63) is 89.0 Å². The van der Waals surface area contributed by atoms with E-state index in [-0.39, 0.29) is 17.9 Å². The Balaban J connectivity index is 1.43. The molecule has 6 heteroatoms. The fraction of sp³-hybridized carbons (Fsp3) is 0.310. The number of rotatable bonds is 7. The molecule has 35 heavy (non-hydrogen) atoms. The molecule has 1 unspecified atom stereocenters. The van der Waals surface area contributed by atoms with Crippen molar-refractivity contribution in [2.24, 2.45) is 0 Å². The van der Waals surface area contributed by atoms with E-state index in [1.165, 1.54) is 6.42 Å². The number of likely N-dealkylation sites (tertiary alicyclic amines) is 1. The Morgan fingerprint density at radius 2 is 1.74 bits per heavy atom. The highest BCUT2D eigenvalue weighted by atomic mass is 16.5. The van der Waals surface area contributed by atoms with Crippen LogP contribution in [0.25, 0.3) is 0 Å². The summed E-state index contributed by atoms with van der Waals surface area (Å²) in [6.45, 7) is 5.20. The van der Waals surface area contributed by atoms with Crippen molar-refractivity contribution >= 4 is 17.5 Å². The van der Waals surface area contributed by atoms with E-state index in [0.29, 0.717) is 34.9 Å². The number of nitrogens with one attached hydrogen (secondary N) is 1. The van der Waals surface area contributed by atoms with Gasteiger partial charge < -0.3 is 19.7 Å². The number of nitrogens with zero attached hydrogens (tertiary/aromatic N) is 1. The largest absolute Gasteiger partial charge is 0.493 e. The van der Waals surface area contributed by atoms with Gasteiger partial charge in [-0.15, -0.1) is 0 Å². The summed E-state index contributed by atoms with van der Waals surface area (Å²) in [6, 6.07) is 20.7. The number of hydrogen-bond acceptors (Lipinski definition) is 4. The van der Waals surface area contributed by atoms with Crippen LogP contribution < -0.4 is 14.8 Å². The molecule has 6 nitrogen and oxygen atoms in total. The quantitative estimate of drug-likeness (QED) is 0.468. The molecule has 0 aromatic heterocycles. The van der Waals surface area contributed by atoms with Crippen LogP contribution in [0.2, 0.25) is 0 Å². The third-order valence-electron chi connectivity index (χ3n) is 6.45. The molecule has 0 spiro atoms. The number of carbonyl (C=O) groups excluding carboxylic acids is 2. The van der Waals surface area contributed by atoms with Crippen molar-refractivity contribution in [2.45, 2.75) is 45.8 Å². The molecule has 0 aliphatic carbocycles. The first-order chi connectivity index (χ1) is 17.0. The first-order valence-electron chi connectivity index (χ1n) is 12.0. The molecule has 0 saturated carbocycles. The summed E-state index contributed by atoms with van der Waals surface area (Å²) in [6.07, 6.45) is 3.25. The van der Waals surface area contributed by atoms with Gasteiger partial charge in [-0.1, -0.05) is 30.3 Å². The Bertz CT molecular complexity index is 1190. The first-order valence-corrected chi connectivity index (χ1v) is 12.0. The Hall–Kier alpha value is -3.80. The van der Waals surface area contributed by atoms with Gasteiger partial charge in [0.2, 0.25) is 0 Å². The molecule has 1 fully saturated rings. The van der Waals surface area contributed by atoms with Crippen LogP contribution in [0.4, 0.5) is 5.69 Å². The van der Waals surface area contributed by atoms with Gasteiger partial charge in [0, 0.05) is 29.4 Å². The van der Waals surface area contributed by atoms with E-state index in [0.717, 1.165) is 30.5 Å². The minimum atomic E-state index is -0.260. The summed E-state index contributed by atoms with van der Waals surface area (Å²) in [4.78, 5) is 27.9. The van der Waals surface area contributed by atoms with Crippen molar-refractivity contribution in [1.29, 1.82) is 0 Å². The predicted octanol–water partition coefficient (Wildman–Crippen LogP) is 5.85. The molecule has 1 aliphatic heterocycles. The van der Waals surface area contributed by atoms with Gasteiger partial charge in [0.1, 0.15) is 6.61 Å². The Kier molecular flexibility index (Phi) is 7.70. The topological polar surface area (TPSA) is 67.9 Å². The molecule has 0 bridgehead atoms. The summed E-state index contributed by atoms with van der Waals surface area (Å²) >= 11 is 0. The van der Waals surface area contributed by atoms with Gasteiger partial charge in [-0.05, 0) is 80.6 Å². The molecule has 3 aromatic carbocycles. The van der Waals surface area contributed by atoms with Crippen LogP contribution in [0.1, 0.15) is 58.0 Å². The van der Waals surface area contributed by atoms with E-state index in [4.69, 9.17) is 9.47 Å². The normalized spacial score (nSPS) is 15.4. The third-order valence-corrected chi connectivity index (χ3v) is 6.45. The molecule has 1 saturated heterocycles. The molecular weight excluding hydrogens is 440 g/mol. The SMILES string of the molecule is COc1cc(C(=O)Nc2ccc(C(=O)N3CCCCC3C)cc2C)ccc1OCc1ccccc1. The zero-order chi connectivity index (χ0) is 24.8. The minimum Gasteiger partial charge on any atom is -0.493 e. The molecule has 182 valence electrons. The van der Waals surface area contributed by atoms with Crippen LogP contribution in [0.5, 0.6) is 11.5 Å². The summed E-state index contributed by atoms with van der Waals surface area (Å²) < 4.78 is 11.3. The smallest absolute Gasteiger partial charge is 0.255 e. The monoisotopic (exact) mass is 472 g/mol. The maximum absolute atomic E-state index is 13.0. The number of hydrogen-bond donors (Lipinski definition) is 1. The van der Waals surface area contributed by atoms with Crippen molar-refractivity contribution < 1.29 is 19.1 Å². The highest BCUT2D eigenvalue weighted by molar-refractivity contribution is 6.05. The van der Waals surface area contributed by atoms with Gasteiger partial charge in [0.05, 0.1) is 7.11 Å². The van der Waals surface area contributed by atoms with Crippen LogP contribution in [0, 0.1) is 6.92 Å². The Morgan fingerprint density at radius 3 is 2.46 bits per heavy atom. The second-order valence-corrected chi connectivity index (χ2v) is 8.97. The molecule has 1 heterocycles. The van der Waals surface area contributed by atoms with Crippen molar-refractivity contribution in [3.8, 4) is 11.5 Å². The lowest BCUT2D eigenvalue weighted by atomic mass is 10.0. The van der Waals surface area contributed by atoms with E-state index < -0.39 is 0 Å². The van der Waals surface area contributed by atoms with Crippen molar-refractivity contribution in [3.63, 3.8) is 0 Å². The van der Waals surface area contributed by atoms with Crippen molar-refractivity contribution in [2.75, 3.05) is 19.0 Å². The molecular formula is C29H32N2O4. The number of carbonyl (C=O) groups is 2. The average molecular weight is 473 g/mol. The summed E-state index contributed by atoms with van der Waals surface area (Å²) in [5, 5.41) is 2.95. The van der Waals surface area contributed by atoms with E-state index in [9.17, 15) is 9.59 Å². The van der Waals surface area contributed by atoms with Gasteiger partial charge in [-0.25, -0.2) is 0 Å². The van der Waals surface area contributed by atoms with E-state index in [1.807, 2.05) is 48.2 Å². The van der Waals surface area contributed by atoms with Crippen molar-refractivity contribution in [1.82, 2.24) is 4.90 Å². The Morgan fingerprint density at radius 1 is 0.971 bits per heavy atom. The summed E-state index contributed by atoms with van der Waals surface area (Å²) in [7, 11) is 1.55. The summed E-state index contributed by atoms with van der Waals surface area (Å²) in [5.74, 6) is 0.847. The van der Waals surface area contributed by atoms with Gasteiger partial charge in [-0.2, -0.15) is 0 Å². The number of ether oxygens (including phenoxy) is 2. The molecule has 2 amide bonds. The zero-order valence-corrected chi connectivity index (χ0v) is 20.5. The van der Waals surface area contributed by atoms with Crippen LogP contribution in [-0.4, -0.2) is 36.4 Å². The number of anilines is 1. The maximum Gasteiger partial charge on any atom is 0.255 e. The third kappa shape index (κ3) is 5.83. The predicted molar refractivity (Wildman–Crippen MR) is 137 cm³/mol. The Labute approximate surface area is 206 Å². The van der Waals surface area contributed by atoms with Gasteiger partial charge >= 0.3 is 0 Å². The lowest BCUT2D eigenvalue weighted by molar-refractivity contribution is 0.0635. The zero-order valence-electron chi connectivity index (χ0n) is 20.5. The first kappa shape index (κ1) is 24.3. The number of benzene rings is 3. The lowest BCUT2D eigenvalue weighted by Crippen LogP contribution is -2.42. The number of amides is 2. The molecule has 1 N–H and O–H groups in total. The standard InChI is InChI=1S/C29H32N2O4/c1-20-17-24(29(33)31-16-8-7-9-21(31)2)12-14-25(20)30-28(32)23-13-15-26(27(18-23)34-3)35-19-22-10-5-4-6-11-22/h4-6,10-15,17-18,21H,7-9,16,19H2,1-3H3,(H,30,32). The summed E-state index contributed by atoms with van der Waals surface area (Å²) in [5.41, 5.74) is 3.65. The van der Waals surface area contributed by atoms with Gasteiger partial charge in [-0.3, -0.25) is 9.59 Å². The van der Waals surface area contributed by atoms with Gasteiger partial charge in [0.15, 0.2) is 11.5 Å². The van der Waals surface area contributed by atoms with Crippen LogP contribution in [0.3, 0.4) is 0 Å². The number of methoxy groups -OCH3 is 1. The van der Waals surface area contributed by atoms with E-state index in [1.54, 1.807) is 37.4 Å². The molecule has 1 aliphatic rings. The van der Waals surface area contributed by atoms with E-state index >= 15 is 0 Å². The minimum absolute atomic E-state index is 0.0500. The lowest BCUT2D eigenvalue weighted by Gasteiger charge is -2.33. The fourth-order valence-electron chi connectivity index (χ4n) is 4.36. The average Bonchev–Trinajstić information content (AvgIpc) is 2.89. The number of piperidine rings is 1. The molecule has 4 rings (SSSR count). The molecule has 3 aromatic rings. The van der Waals surface area contributed by atoms with Crippen LogP contribution in [-0.2, 0) is 6.61 Å². The van der Waals surface area contributed by atoms with Crippen LogP contribution in [0.15, 0.2) is 66.7 Å². The second kappa shape index (κ2) is 11.1. The highest BCUT2D eigenvalue weighted by Crippen LogP contribution is 2.30. The molecule has 1 atom stereocenters.